The maximum absolute atomic E-state index is 13.2. The Morgan fingerprint density at radius 1 is 0.645 bits per heavy atom. The lowest BCUT2D eigenvalue weighted by atomic mass is 9.93. The summed E-state index contributed by atoms with van der Waals surface area (Å²) in [5, 5.41) is 16.5. The second kappa shape index (κ2) is 6.85. The number of benzene rings is 4. The van der Waals surface area contributed by atoms with Gasteiger partial charge in [-0.05, 0) is 33.7 Å². The molecule has 2 aromatic heterocycles. The van der Waals surface area contributed by atoms with E-state index in [4.69, 9.17) is 4.42 Å². The number of para-hydroxylation sites is 1. The van der Waals surface area contributed by atoms with Crippen molar-refractivity contribution in [2.45, 2.75) is 0 Å². The number of nitrogens with zero attached hydrogens (tertiary/aromatic N) is 3. The van der Waals surface area contributed by atoms with E-state index in [0.717, 1.165) is 32.6 Å². The van der Waals surface area contributed by atoms with Crippen LogP contribution in [0.5, 0.6) is 0 Å². The van der Waals surface area contributed by atoms with Gasteiger partial charge in [0.15, 0.2) is 0 Å². The zero-order chi connectivity index (χ0) is 20.8. The summed E-state index contributed by atoms with van der Waals surface area (Å²) in [4.78, 5) is 13.2. The summed E-state index contributed by atoms with van der Waals surface area (Å²) < 4.78 is 5.69. The van der Waals surface area contributed by atoms with Gasteiger partial charge in [-0.2, -0.15) is 0 Å². The molecule has 0 spiro atoms. The third-order valence-corrected chi connectivity index (χ3v) is 5.55. The Bertz CT molecular complexity index is 1660. The predicted octanol–water partition coefficient (Wildman–Crippen LogP) is 5.62. The van der Waals surface area contributed by atoms with E-state index in [1.165, 1.54) is 0 Å². The van der Waals surface area contributed by atoms with Crippen molar-refractivity contribution < 1.29 is 4.42 Å². The Morgan fingerprint density at radius 3 is 2.26 bits per heavy atom. The molecular weight excluding hydrogens is 386 g/mol. The molecule has 0 amide bonds. The van der Waals surface area contributed by atoms with Crippen LogP contribution in [0.25, 0.3) is 55.0 Å². The molecule has 0 aliphatic rings. The van der Waals surface area contributed by atoms with Crippen LogP contribution in [0.3, 0.4) is 0 Å². The van der Waals surface area contributed by atoms with Crippen LogP contribution in [-0.2, 0) is 0 Å². The first-order valence-electron chi connectivity index (χ1n) is 9.94. The summed E-state index contributed by atoms with van der Waals surface area (Å²) in [5.41, 5.74) is 3.37. The number of hydrogen-bond donors (Lipinski definition) is 0. The molecule has 0 saturated carbocycles. The highest BCUT2D eigenvalue weighted by molar-refractivity contribution is 6.15. The van der Waals surface area contributed by atoms with Gasteiger partial charge in [0.2, 0.25) is 0 Å². The second-order valence-electron chi connectivity index (χ2n) is 7.32. The summed E-state index contributed by atoms with van der Waals surface area (Å²) in [6.07, 6.45) is 0. The SMILES string of the molecule is O=c1oc2ccccc2c(-c2nnnc3ccc4ccccc4c23)c1-c1ccccc1. The summed E-state index contributed by atoms with van der Waals surface area (Å²) in [6.45, 7) is 0. The van der Waals surface area contributed by atoms with Gasteiger partial charge < -0.3 is 4.42 Å². The Kier molecular flexibility index (Phi) is 3.86. The van der Waals surface area contributed by atoms with Crippen LogP contribution in [-0.4, -0.2) is 15.4 Å². The van der Waals surface area contributed by atoms with E-state index in [0.29, 0.717) is 22.4 Å². The number of hydrogen-bond acceptors (Lipinski definition) is 5. The second-order valence-corrected chi connectivity index (χ2v) is 7.32. The number of rotatable bonds is 2. The van der Waals surface area contributed by atoms with Crippen molar-refractivity contribution in [1.82, 2.24) is 15.4 Å². The summed E-state index contributed by atoms with van der Waals surface area (Å²) in [5.74, 6) is 0. The van der Waals surface area contributed by atoms with Crippen molar-refractivity contribution in [1.29, 1.82) is 0 Å². The Morgan fingerprint density at radius 2 is 1.39 bits per heavy atom. The van der Waals surface area contributed by atoms with Gasteiger partial charge in [0.05, 0.1) is 11.1 Å². The normalized spacial score (nSPS) is 11.4. The molecule has 6 rings (SSSR count). The van der Waals surface area contributed by atoms with Crippen LogP contribution in [0, 0.1) is 0 Å². The third kappa shape index (κ3) is 2.71. The van der Waals surface area contributed by atoms with E-state index in [1.54, 1.807) is 6.07 Å². The number of fused-ring (bicyclic) bond motifs is 4. The lowest BCUT2D eigenvalue weighted by molar-refractivity contribution is 0.564. The molecule has 0 fully saturated rings. The molecule has 0 N–H and O–H groups in total. The Balaban J connectivity index is 1.86. The molecule has 0 unspecified atom stereocenters. The fourth-order valence-electron chi connectivity index (χ4n) is 4.20. The van der Waals surface area contributed by atoms with E-state index >= 15 is 0 Å². The molecule has 2 heterocycles. The largest absolute Gasteiger partial charge is 0.422 e. The smallest absolute Gasteiger partial charge is 0.344 e. The van der Waals surface area contributed by atoms with Crippen molar-refractivity contribution >= 4 is 32.6 Å². The molecule has 0 aliphatic carbocycles. The minimum absolute atomic E-state index is 0.410. The monoisotopic (exact) mass is 401 g/mol. The minimum Gasteiger partial charge on any atom is -0.422 e. The van der Waals surface area contributed by atoms with Crippen LogP contribution < -0.4 is 5.63 Å². The van der Waals surface area contributed by atoms with Crippen molar-refractivity contribution in [3.8, 4) is 22.4 Å². The van der Waals surface area contributed by atoms with Crippen molar-refractivity contribution in [3.63, 3.8) is 0 Å². The van der Waals surface area contributed by atoms with Crippen LogP contribution in [0.4, 0.5) is 0 Å². The van der Waals surface area contributed by atoms with Crippen molar-refractivity contribution in [2.75, 3.05) is 0 Å². The van der Waals surface area contributed by atoms with Gasteiger partial charge in [0.1, 0.15) is 11.3 Å². The molecule has 31 heavy (non-hydrogen) atoms. The molecule has 0 radical (unpaired) electrons. The molecule has 0 atom stereocenters. The van der Waals surface area contributed by atoms with Crippen LogP contribution in [0.2, 0.25) is 0 Å². The molecule has 0 aliphatic heterocycles. The van der Waals surface area contributed by atoms with Gasteiger partial charge >= 0.3 is 5.63 Å². The molecule has 5 heteroatoms. The van der Waals surface area contributed by atoms with E-state index < -0.39 is 5.63 Å². The first kappa shape index (κ1) is 17.5. The zero-order valence-electron chi connectivity index (χ0n) is 16.3. The molecule has 0 saturated heterocycles. The highest BCUT2D eigenvalue weighted by atomic mass is 16.4. The standard InChI is InChI=1S/C26H15N3O2/c30-26-22(17-9-2-1-3-10-17)24(19-12-6-7-13-21(19)31-26)25-23-18-11-5-4-8-16(18)14-15-20(23)27-29-28-25/h1-15H. The fraction of sp³-hybridized carbons (Fsp3) is 0. The summed E-state index contributed by atoms with van der Waals surface area (Å²) in [7, 11) is 0. The van der Waals surface area contributed by atoms with Gasteiger partial charge in [-0.3, -0.25) is 0 Å². The first-order chi connectivity index (χ1) is 15.3. The molecule has 0 bridgehead atoms. The van der Waals surface area contributed by atoms with E-state index in [2.05, 4.69) is 21.5 Å². The molecule has 146 valence electrons. The average molecular weight is 401 g/mol. The number of aromatic nitrogens is 3. The Labute approximate surface area is 176 Å². The fourth-order valence-corrected chi connectivity index (χ4v) is 4.20. The van der Waals surface area contributed by atoms with Crippen LogP contribution >= 0.6 is 0 Å². The predicted molar refractivity (Wildman–Crippen MR) is 122 cm³/mol. The maximum atomic E-state index is 13.2. The van der Waals surface area contributed by atoms with Gasteiger partial charge in [0, 0.05) is 16.3 Å². The lowest BCUT2D eigenvalue weighted by Crippen LogP contribution is -2.07. The lowest BCUT2D eigenvalue weighted by Gasteiger charge is -2.13. The van der Waals surface area contributed by atoms with Gasteiger partial charge in [0.25, 0.3) is 0 Å². The molecule has 6 aromatic rings. The average Bonchev–Trinajstić information content (AvgIpc) is 2.83. The van der Waals surface area contributed by atoms with Gasteiger partial charge in [-0.1, -0.05) is 78.9 Å². The van der Waals surface area contributed by atoms with Crippen molar-refractivity contribution in [3.05, 3.63) is 101 Å². The van der Waals surface area contributed by atoms with Gasteiger partial charge in [-0.25, -0.2) is 4.79 Å². The zero-order valence-corrected chi connectivity index (χ0v) is 16.3. The first-order valence-corrected chi connectivity index (χ1v) is 9.94. The topological polar surface area (TPSA) is 68.9 Å². The molecule has 4 aromatic carbocycles. The van der Waals surface area contributed by atoms with Crippen LogP contribution in [0.15, 0.2) is 100 Å². The van der Waals surface area contributed by atoms with E-state index in [1.807, 2.05) is 78.9 Å². The van der Waals surface area contributed by atoms with Crippen molar-refractivity contribution in [2.24, 2.45) is 0 Å². The highest BCUT2D eigenvalue weighted by Crippen LogP contribution is 2.39. The summed E-state index contributed by atoms with van der Waals surface area (Å²) >= 11 is 0. The van der Waals surface area contributed by atoms with Gasteiger partial charge in [-0.15, -0.1) is 10.2 Å². The van der Waals surface area contributed by atoms with E-state index in [9.17, 15) is 4.79 Å². The third-order valence-electron chi connectivity index (χ3n) is 5.55. The molecule has 5 nitrogen and oxygen atoms in total. The minimum atomic E-state index is -0.410. The Hall–Kier alpha value is -4.38. The summed E-state index contributed by atoms with van der Waals surface area (Å²) in [6, 6.07) is 29.1. The maximum Gasteiger partial charge on any atom is 0.344 e. The quantitative estimate of drug-likeness (QED) is 0.278. The molecular formula is C26H15N3O2. The van der Waals surface area contributed by atoms with Crippen LogP contribution in [0.1, 0.15) is 0 Å². The highest BCUT2D eigenvalue weighted by Gasteiger charge is 2.22. The van der Waals surface area contributed by atoms with E-state index in [-0.39, 0.29) is 0 Å².